The third-order valence-corrected chi connectivity index (χ3v) is 3.37. The first-order chi connectivity index (χ1) is 9.92. The van der Waals surface area contributed by atoms with Gasteiger partial charge in [0.1, 0.15) is 18.2 Å². The number of amides is 1. The molecule has 4 nitrogen and oxygen atoms in total. The SMILES string of the molecule is Cc1cc2c(cc1F)nc(CCCl)n2CC(=O)NC(C)C. The first-order valence-electron chi connectivity index (χ1n) is 6.93. The molecule has 2 rings (SSSR count). The highest BCUT2D eigenvalue weighted by molar-refractivity contribution is 6.17. The predicted molar refractivity (Wildman–Crippen MR) is 82.1 cm³/mol. The fraction of sp³-hybridized carbons (Fsp3) is 0.467. The Morgan fingerprint density at radius 3 is 2.81 bits per heavy atom. The lowest BCUT2D eigenvalue weighted by Gasteiger charge is -2.11. The van der Waals surface area contributed by atoms with Crippen molar-refractivity contribution in [3.63, 3.8) is 0 Å². The molecule has 1 N–H and O–H groups in total. The van der Waals surface area contributed by atoms with Gasteiger partial charge >= 0.3 is 0 Å². The van der Waals surface area contributed by atoms with Crippen molar-refractivity contribution in [2.24, 2.45) is 0 Å². The van der Waals surface area contributed by atoms with Gasteiger partial charge in [-0.2, -0.15) is 0 Å². The molecule has 0 aliphatic heterocycles. The van der Waals surface area contributed by atoms with Crippen molar-refractivity contribution in [3.05, 3.63) is 29.3 Å². The van der Waals surface area contributed by atoms with Gasteiger partial charge in [-0.15, -0.1) is 11.6 Å². The Morgan fingerprint density at radius 2 is 2.19 bits per heavy atom. The molecule has 0 atom stereocenters. The Hall–Kier alpha value is -1.62. The second kappa shape index (κ2) is 6.43. The van der Waals surface area contributed by atoms with Crippen LogP contribution in [0.2, 0.25) is 0 Å². The van der Waals surface area contributed by atoms with Crippen LogP contribution in [0.25, 0.3) is 11.0 Å². The van der Waals surface area contributed by atoms with Gasteiger partial charge < -0.3 is 9.88 Å². The quantitative estimate of drug-likeness (QED) is 0.863. The van der Waals surface area contributed by atoms with Gasteiger partial charge in [-0.1, -0.05) is 0 Å². The molecule has 0 radical (unpaired) electrons. The fourth-order valence-electron chi connectivity index (χ4n) is 2.26. The van der Waals surface area contributed by atoms with Gasteiger partial charge in [0.25, 0.3) is 0 Å². The van der Waals surface area contributed by atoms with Crippen molar-refractivity contribution in [1.82, 2.24) is 14.9 Å². The van der Waals surface area contributed by atoms with Crippen molar-refractivity contribution in [1.29, 1.82) is 0 Å². The van der Waals surface area contributed by atoms with Crippen molar-refractivity contribution >= 4 is 28.5 Å². The van der Waals surface area contributed by atoms with E-state index in [1.165, 1.54) is 6.07 Å². The summed E-state index contributed by atoms with van der Waals surface area (Å²) in [5.41, 5.74) is 1.84. The van der Waals surface area contributed by atoms with E-state index in [4.69, 9.17) is 11.6 Å². The van der Waals surface area contributed by atoms with Gasteiger partial charge in [-0.25, -0.2) is 9.37 Å². The molecule has 0 spiro atoms. The fourth-order valence-corrected chi connectivity index (χ4v) is 2.43. The largest absolute Gasteiger partial charge is 0.352 e. The summed E-state index contributed by atoms with van der Waals surface area (Å²) in [6.07, 6.45) is 0.534. The molecular formula is C15H19ClFN3O. The van der Waals surface area contributed by atoms with E-state index in [0.29, 0.717) is 29.2 Å². The standard InChI is InChI=1S/C15H19ClFN3O/c1-9(2)18-15(21)8-20-13-6-10(3)11(17)7-12(13)19-14(20)4-5-16/h6-7,9H,4-5,8H2,1-3H3,(H,18,21). The molecular weight excluding hydrogens is 293 g/mol. The zero-order valence-electron chi connectivity index (χ0n) is 12.4. The van der Waals surface area contributed by atoms with E-state index in [-0.39, 0.29) is 24.3 Å². The first kappa shape index (κ1) is 15.8. The smallest absolute Gasteiger partial charge is 0.240 e. The maximum absolute atomic E-state index is 13.7. The number of rotatable bonds is 5. The number of carbonyl (C=O) groups is 1. The number of fused-ring (bicyclic) bond motifs is 1. The third-order valence-electron chi connectivity index (χ3n) is 3.18. The van der Waals surface area contributed by atoms with Crippen molar-refractivity contribution in [3.8, 4) is 0 Å². The maximum atomic E-state index is 13.7. The summed E-state index contributed by atoms with van der Waals surface area (Å²) in [7, 11) is 0. The van der Waals surface area contributed by atoms with Gasteiger partial charge in [-0.3, -0.25) is 4.79 Å². The molecule has 0 saturated carbocycles. The van der Waals surface area contributed by atoms with Gasteiger partial charge in [0, 0.05) is 24.4 Å². The molecule has 1 aromatic heterocycles. The predicted octanol–water partition coefficient (Wildman–Crippen LogP) is 2.79. The van der Waals surface area contributed by atoms with Crippen LogP contribution in [0, 0.1) is 12.7 Å². The molecule has 0 aliphatic rings. The first-order valence-corrected chi connectivity index (χ1v) is 7.46. The van der Waals surface area contributed by atoms with Gasteiger partial charge in [0.2, 0.25) is 5.91 Å². The van der Waals surface area contributed by atoms with E-state index in [1.54, 1.807) is 13.0 Å². The van der Waals surface area contributed by atoms with E-state index in [0.717, 1.165) is 5.52 Å². The number of halogens is 2. The summed E-state index contributed by atoms with van der Waals surface area (Å²) in [5, 5.41) is 2.85. The van der Waals surface area contributed by atoms with Crippen LogP contribution >= 0.6 is 11.6 Å². The van der Waals surface area contributed by atoms with Crippen molar-refractivity contribution < 1.29 is 9.18 Å². The summed E-state index contributed by atoms with van der Waals surface area (Å²) in [5.74, 6) is 0.707. The number of imidazole rings is 1. The summed E-state index contributed by atoms with van der Waals surface area (Å²) in [4.78, 5) is 16.4. The minimum absolute atomic E-state index is 0.0722. The molecule has 1 aromatic carbocycles. The second-order valence-electron chi connectivity index (χ2n) is 5.37. The van der Waals surface area contributed by atoms with Crippen LogP contribution < -0.4 is 5.32 Å². The number of nitrogens with zero attached hydrogens (tertiary/aromatic N) is 2. The minimum Gasteiger partial charge on any atom is -0.352 e. The number of benzene rings is 1. The number of nitrogens with one attached hydrogen (secondary N) is 1. The van der Waals surface area contributed by atoms with Crippen LogP contribution in [0.15, 0.2) is 12.1 Å². The lowest BCUT2D eigenvalue weighted by Crippen LogP contribution is -2.33. The second-order valence-corrected chi connectivity index (χ2v) is 5.74. The summed E-state index contributed by atoms with van der Waals surface area (Å²) in [6.45, 7) is 5.67. The molecule has 0 aliphatic carbocycles. The highest BCUT2D eigenvalue weighted by Crippen LogP contribution is 2.21. The molecule has 6 heteroatoms. The Morgan fingerprint density at radius 1 is 1.48 bits per heavy atom. The van der Waals surface area contributed by atoms with Crippen LogP contribution in [0.1, 0.15) is 25.2 Å². The lowest BCUT2D eigenvalue weighted by molar-refractivity contribution is -0.122. The van der Waals surface area contributed by atoms with Crippen molar-refractivity contribution in [2.75, 3.05) is 5.88 Å². The number of hydrogen-bond donors (Lipinski definition) is 1. The molecule has 0 fully saturated rings. The number of aromatic nitrogens is 2. The monoisotopic (exact) mass is 311 g/mol. The van der Waals surface area contributed by atoms with E-state index in [9.17, 15) is 9.18 Å². The number of aryl methyl sites for hydroxylation is 2. The third kappa shape index (κ3) is 3.53. The van der Waals surface area contributed by atoms with Gasteiger partial charge in [-0.05, 0) is 32.4 Å². The van der Waals surface area contributed by atoms with Gasteiger partial charge in [0.15, 0.2) is 0 Å². The Kier molecular flexibility index (Phi) is 4.83. The molecule has 0 bridgehead atoms. The highest BCUT2D eigenvalue weighted by atomic mass is 35.5. The Labute approximate surface area is 128 Å². The van der Waals surface area contributed by atoms with E-state index in [2.05, 4.69) is 10.3 Å². The lowest BCUT2D eigenvalue weighted by atomic mass is 10.2. The molecule has 2 aromatic rings. The van der Waals surface area contributed by atoms with E-state index >= 15 is 0 Å². The zero-order valence-corrected chi connectivity index (χ0v) is 13.2. The number of carbonyl (C=O) groups excluding carboxylic acids is 1. The highest BCUT2D eigenvalue weighted by Gasteiger charge is 2.15. The molecule has 0 saturated heterocycles. The maximum Gasteiger partial charge on any atom is 0.240 e. The average Bonchev–Trinajstić information content (AvgIpc) is 2.68. The number of alkyl halides is 1. The van der Waals surface area contributed by atoms with Crippen LogP contribution in [0.3, 0.4) is 0 Å². The minimum atomic E-state index is -0.295. The summed E-state index contributed by atoms with van der Waals surface area (Å²) < 4.78 is 15.5. The van der Waals surface area contributed by atoms with E-state index < -0.39 is 0 Å². The van der Waals surface area contributed by atoms with Crippen LogP contribution in [0.4, 0.5) is 4.39 Å². The van der Waals surface area contributed by atoms with Crippen molar-refractivity contribution in [2.45, 2.75) is 39.8 Å². The molecule has 21 heavy (non-hydrogen) atoms. The summed E-state index contributed by atoms with van der Waals surface area (Å²) >= 11 is 5.79. The van der Waals surface area contributed by atoms with Crippen LogP contribution in [-0.4, -0.2) is 27.4 Å². The molecule has 0 unspecified atom stereocenters. The van der Waals surface area contributed by atoms with Crippen LogP contribution in [-0.2, 0) is 17.8 Å². The zero-order chi connectivity index (χ0) is 15.6. The molecule has 114 valence electrons. The number of hydrogen-bond acceptors (Lipinski definition) is 2. The Bertz CT molecular complexity index is 666. The molecule has 1 heterocycles. The molecule has 1 amide bonds. The van der Waals surface area contributed by atoms with Crippen LogP contribution in [0.5, 0.6) is 0 Å². The normalized spacial score (nSPS) is 11.3. The Balaban J connectivity index is 2.45. The van der Waals surface area contributed by atoms with E-state index in [1.807, 2.05) is 18.4 Å². The summed E-state index contributed by atoms with van der Waals surface area (Å²) in [6, 6.07) is 3.19. The topological polar surface area (TPSA) is 46.9 Å². The van der Waals surface area contributed by atoms with Gasteiger partial charge in [0.05, 0.1) is 11.0 Å². The average molecular weight is 312 g/mol.